The molecule has 0 bridgehead atoms. The molecule has 668 valence electrons. The molecule has 0 fully saturated rings. The third-order valence-corrected chi connectivity index (χ3v) is 15.4. The van der Waals surface area contributed by atoms with Crippen molar-refractivity contribution in [1.29, 1.82) is 0 Å². The highest BCUT2D eigenvalue weighted by Crippen LogP contribution is 2.19. The Morgan fingerprint density at radius 1 is 0.289 bits per heavy atom. The highest BCUT2D eigenvalue weighted by atomic mass is 16.6. The highest BCUT2D eigenvalue weighted by molar-refractivity contribution is 5.73. The molecular weight excluding hydrogens is 1560 g/mol. The van der Waals surface area contributed by atoms with E-state index in [1.54, 1.807) is 83.1 Å². The molecular formula is C79H130N30O12. The van der Waals surface area contributed by atoms with E-state index < -0.39 is 39.6 Å². The van der Waals surface area contributed by atoms with Gasteiger partial charge >= 0.3 is 35.8 Å². The van der Waals surface area contributed by atoms with E-state index in [1.165, 1.54) is 0 Å². The summed E-state index contributed by atoms with van der Waals surface area (Å²) in [5.74, 6) is 3.76. The van der Waals surface area contributed by atoms with Crippen LogP contribution in [0.2, 0.25) is 0 Å². The maximum atomic E-state index is 12.8. The number of carbonyl (C=O) groups excluding carboxylic acids is 6. The van der Waals surface area contributed by atoms with Crippen molar-refractivity contribution in [3.05, 3.63) is 40.6 Å². The van der Waals surface area contributed by atoms with Gasteiger partial charge < -0.3 is 92.3 Å². The van der Waals surface area contributed by atoms with E-state index in [0.717, 1.165) is 12.8 Å². The minimum Gasteiger partial charge on any atom is -0.460 e. The highest BCUT2D eigenvalue weighted by Gasteiger charge is 2.24. The number of nitrogens with two attached hydrogens (primary N) is 1. The van der Waals surface area contributed by atoms with Gasteiger partial charge in [-0.15, -0.1) is 0 Å². The van der Waals surface area contributed by atoms with Crippen LogP contribution in [-0.2, 0) is 95.7 Å². The van der Waals surface area contributed by atoms with Crippen molar-refractivity contribution in [3.8, 4) is 0 Å². The lowest BCUT2D eigenvalue weighted by Gasteiger charge is -2.19. The Labute approximate surface area is 708 Å². The van der Waals surface area contributed by atoms with Gasteiger partial charge in [0.15, 0.2) is 0 Å². The maximum absolute atomic E-state index is 12.8. The number of hydrogen-bond acceptors (Lipinski definition) is 41. The van der Waals surface area contributed by atoms with Gasteiger partial charge in [-0.1, -0.05) is 13.3 Å². The number of ether oxygens (including phenoxy) is 6. The third-order valence-electron chi connectivity index (χ3n) is 15.4. The molecule has 0 aliphatic rings. The van der Waals surface area contributed by atoms with Crippen LogP contribution in [0, 0.1) is 0 Å². The summed E-state index contributed by atoms with van der Waals surface area (Å²) in [5, 5.41) is 32.1. The van der Waals surface area contributed by atoms with Crippen LogP contribution in [0.3, 0.4) is 0 Å². The molecule has 13 N–H and O–H groups in total. The number of nitrogens with zero attached hydrogens (tertiary/aromatic N) is 18. The Morgan fingerprint density at radius 3 is 0.810 bits per heavy atom. The van der Waals surface area contributed by atoms with Crippen LogP contribution >= 0.6 is 0 Å². The van der Waals surface area contributed by atoms with Gasteiger partial charge in [0, 0.05) is 111 Å². The number of nitrogens with one attached hydrogen (secondary N) is 11. The minimum absolute atomic E-state index is 0.0289. The fourth-order valence-corrected chi connectivity index (χ4v) is 10.7. The van der Waals surface area contributed by atoms with E-state index in [1.807, 2.05) is 41.5 Å². The van der Waals surface area contributed by atoms with Crippen LogP contribution in [0.15, 0.2) is 4.99 Å². The molecule has 6 heterocycles. The first kappa shape index (κ1) is 98.3. The smallest absolute Gasteiger partial charge is 0.308 e. The lowest BCUT2D eigenvalue weighted by Crippen LogP contribution is -2.26. The van der Waals surface area contributed by atoms with Crippen molar-refractivity contribution < 1.29 is 57.2 Å². The number of unbranched alkanes of at least 4 members (excludes halogenated alkanes) is 1. The van der Waals surface area contributed by atoms with Crippen LogP contribution in [0.25, 0.3) is 0 Å². The van der Waals surface area contributed by atoms with Crippen molar-refractivity contribution in [2.45, 2.75) is 287 Å². The van der Waals surface area contributed by atoms with E-state index in [4.69, 9.17) is 69.1 Å². The summed E-state index contributed by atoms with van der Waals surface area (Å²) in [7, 11) is 0. The van der Waals surface area contributed by atoms with Crippen LogP contribution in [0.4, 0.5) is 65.4 Å². The van der Waals surface area contributed by atoms with E-state index in [0.29, 0.717) is 161 Å². The molecule has 6 aromatic heterocycles. The van der Waals surface area contributed by atoms with E-state index in [9.17, 15) is 28.8 Å². The van der Waals surface area contributed by atoms with Crippen molar-refractivity contribution >= 4 is 101 Å². The van der Waals surface area contributed by atoms with Crippen LogP contribution in [0.1, 0.15) is 250 Å². The molecule has 0 aromatic carbocycles. The normalized spacial score (nSPS) is 12.0. The number of carbonyl (C=O) groups is 6. The summed E-state index contributed by atoms with van der Waals surface area (Å²) >= 11 is 0. The number of aromatic nitrogens is 18. The molecule has 6 rings (SSSR count). The Bertz CT molecular complexity index is 4360. The average Bonchev–Trinajstić information content (AvgIpc) is 0.866. The second kappa shape index (κ2) is 48.1. The lowest BCUT2D eigenvalue weighted by atomic mass is 10.2. The molecule has 0 saturated carbocycles. The molecule has 0 spiro atoms. The van der Waals surface area contributed by atoms with Gasteiger partial charge in [-0.2, -0.15) is 84.7 Å². The molecule has 0 atom stereocenters. The van der Waals surface area contributed by atoms with Gasteiger partial charge in [-0.05, 0) is 163 Å². The van der Waals surface area contributed by atoms with Crippen molar-refractivity contribution in [1.82, 2.24) is 89.7 Å². The van der Waals surface area contributed by atoms with Crippen molar-refractivity contribution in [3.63, 3.8) is 0 Å². The molecule has 42 nitrogen and oxygen atoms in total. The SMILES string of the molecule is CCCCc1nc(NCCCc2nc(NCCCc3nc(=NCCCc4nc(NCCCc5nc(NCCCc6nc(N)nc(NCCC(=O)OC(C)(C)C)n6)nc(NCCC(=O)OC(C)(C)C)n5)nc(NCCC(=O)OC(C)(C)C)n4)nc(NCCC(=O)OC(C)(C)C)[nH]3)nc(NCCC(=O)OC(C)(C)C)n2)nc(NCCC(=O)OC(C)(C)C)n1. The topological polar surface area (TPSA) is 551 Å². The Hall–Kier alpha value is -11.5. The van der Waals surface area contributed by atoms with Crippen LogP contribution in [0.5, 0.6) is 0 Å². The first-order valence-electron chi connectivity index (χ1n) is 41.6. The largest absolute Gasteiger partial charge is 0.460 e. The molecule has 121 heavy (non-hydrogen) atoms. The van der Waals surface area contributed by atoms with Crippen LogP contribution < -0.4 is 64.5 Å². The van der Waals surface area contributed by atoms with Crippen molar-refractivity contribution in [2.24, 2.45) is 4.99 Å². The number of hydrogen-bond donors (Lipinski definition) is 12. The quantitative estimate of drug-likeness (QED) is 0.00971. The molecule has 0 unspecified atom stereocenters. The second-order valence-electron chi connectivity index (χ2n) is 34.3. The zero-order valence-corrected chi connectivity index (χ0v) is 74.2. The second-order valence-corrected chi connectivity index (χ2v) is 34.3. The first-order chi connectivity index (χ1) is 56.9. The summed E-state index contributed by atoms with van der Waals surface area (Å²) in [6.45, 7) is 37.8. The summed E-state index contributed by atoms with van der Waals surface area (Å²) in [4.78, 5) is 162. The van der Waals surface area contributed by atoms with E-state index in [-0.39, 0.29) is 155 Å². The summed E-state index contributed by atoms with van der Waals surface area (Å²) < 4.78 is 33.0. The number of anilines is 11. The van der Waals surface area contributed by atoms with E-state index in [2.05, 4.69) is 120 Å². The molecule has 42 heteroatoms. The number of rotatable bonds is 51. The molecule has 0 aliphatic heterocycles. The Kier molecular flexibility index (Phi) is 39.0. The Balaban J connectivity index is 1.14. The molecule has 6 aromatic rings. The molecule has 0 radical (unpaired) electrons. The van der Waals surface area contributed by atoms with Gasteiger partial charge in [0.2, 0.25) is 71.0 Å². The fourth-order valence-electron chi connectivity index (χ4n) is 10.7. The van der Waals surface area contributed by atoms with Gasteiger partial charge in [0.05, 0.1) is 38.5 Å². The van der Waals surface area contributed by atoms with Gasteiger partial charge in [-0.25, -0.2) is 4.99 Å². The Morgan fingerprint density at radius 2 is 0.529 bits per heavy atom. The molecule has 0 aliphatic carbocycles. The number of aryl methyl sites for hydroxylation is 6. The molecule has 0 saturated heterocycles. The van der Waals surface area contributed by atoms with Gasteiger partial charge in [-0.3, -0.25) is 28.8 Å². The first-order valence-corrected chi connectivity index (χ1v) is 41.6. The van der Waals surface area contributed by atoms with Gasteiger partial charge in [0.25, 0.3) is 0 Å². The predicted octanol–water partition coefficient (Wildman–Crippen LogP) is 8.23. The number of H-pyrrole nitrogens is 1. The predicted molar refractivity (Wildman–Crippen MR) is 458 cm³/mol. The average molecular weight is 1690 g/mol. The van der Waals surface area contributed by atoms with Crippen molar-refractivity contribution in [2.75, 3.05) is 131 Å². The van der Waals surface area contributed by atoms with Crippen LogP contribution in [-0.4, -0.2) is 231 Å². The number of nitrogen functional groups attached to an aromatic ring is 1. The maximum Gasteiger partial charge on any atom is 0.308 e. The standard InChI is InChI=1S/C79H130N30O12/c1-20-21-27-51-94-64(105-69(95-51)87-45-34-57(111)117-75(5,6)7)82-40-23-29-53-97-66(107-71(101-53)89-47-36-59(113)119-77(11,12)13)84-42-25-31-55-99-68(109-73(103-55)91-49-38-61(115)121-79(17,18)19)85-43-26-32-54-98-67(108-72(102-54)90-48-37-60(114)120-78(14,15)16)83-41-24-30-52-96-65(106-70(100-52)88-46-35-58(112)118-76(8,9)10)81-39-22-28-50-92-62(80)104-63(93-50)86-44-33-56(110)116-74(2,3)4/h20-49H2,1-19H3,(H3,80,86,92,93,104)(H2,81,88,96,100,106)(H2,82,87,94,95,105)(H2,83,90,98,102,108)(H2,84,89,97,101,107)(H2,85,91,99,103,109). The summed E-state index contributed by atoms with van der Waals surface area (Å²) in [6, 6.07) is 0. The number of aromatic amines is 1. The zero-order valence-electron chi connectivity index (χ0n) is 74.2. The monoisotopic (exact) mass is 1690 g/mol. The number of esters is 6. The molecule has 0 amide bonds. The zero-order chi connectivity index (χ0) is 88.8. The van der Waals surface area contributed by atoms with Gasteiger partial charge in [0.1, 0.15) is 68.6 Å². The third kappa shape index (κ3) is 44.9. The summed E-state index contributed by atoms with van der Waals surface area (Å²) in [5.41, 5.74) is 2.37. The van der Waals surface area contributed by atoms with E-state index >= 15 is 0 Å². The fraction of sp³-hybridized carbons (Fsp3) is 0.696. The lowest BCUT2D eigenvalue weighted by molar-refractivity contribution is -0.155. The summed E-state index contributed by atoms with van der Waals surface area (Å²) in [6.07, 6.45) is 7.59. The minimum atomic E-state index is -0.674.